The molecule has 0 saturated carbocycles. The topological polar surface area (TPSA) is 44.5 Å². The number of likely N-dealkylation sites (N-methyl/N-ethyl adjacent to an activating group) is 1. The Hall–Kier alpha value is -1.69. The van der Waals surface area contributed by atoms with E-state index in [1.54, 1.807) is 0 Å². The minimum atomic E-state index is -0.387. The summed E-state index contributed by atoms with van der Waals surface area (Å²) in [5, 5.41) is 10.3. The summed E-state index contributed by atoms with van der Waals surface area (Å²) in [6.07, 6.45) is 4.24. The van der Waals surface area contributed by atoms with E-state index in [9.17, 15) is 5.11 Å². The van der Waals surface area contributed by atoms with Gasteiger partial charge in [-0.05, 0) is 19.0 Å². The van der Waals surface area contributed by atoms with E-state index in [1.807, 2.05) is 49.8 Å². The van der Waals surface area contributed by atoms with Gasteiger partial charge in [0.1, 0.15) is 5.82 Å². The normalized spacial score (nSPS) is 21.4. The van der Waals surface area contributed by atoms with Gasteiger partial charge in [0.2, 0.25) is 0 Å². The van der Waals surface area contributed by atoms with Crippen molar-refractivity contribution in [3.05, 3.63) is 54.1 Å². The first kappa shape index (κ1) is 16.2. The molecule has 5 heteroatoms. The summed E-state index contributed by atoms with van der Waals surface area (Å²) in [7, 11) is 4.21. The number of rotatable bonds is 5. The number of aryl methyl sites for hydroxylation is 1. The molecule has 2 heterocycles. The van der Waals surface area contributed by atoms with Gasteiger partial charge < -0.3 is 9.67 Å². The lowest BCUT2D eigenvalue weighted by Gasteiger charge is -2.39. The Bertz CT molecular complexity index is 612. The second-order valence-electron chi connectivity index (χ2n) is 6.41. The van der Waals surface area contributed by atoms with Crippen molar-refractivity contribution in [2.75, 3.05) is 33.2 Å². The average Bonchev–Trinajstić information content (AvgIpc) is 3.00. The number of nitrogens with zero attached hydrogens (tertiary/aromatic N) is 4. The van der Waals surface area contributed by atoms with Gasteiger partial charge >= 0.3 is 0 Å². The Morgan fingerprint density at radius 3 is 2.70 bits per heavy atom. The number of piperazine rings is 1. The van der Waals surface area contributed by atoms with Crippen LogP contribution < -0.4 is 0 Å². The van der Waals surface area contributed by atoms with Crippen molar-refractivity contribution in [1.29, 1.82) is 0 Å². The van der Waals surface area contributed by atoms with E-state index in [1.165, 1.54) is 0 Å². The molecule has 1 unspecified atom stereocenters. The third-order valence-electron chi connectivity index (χ3n) is 4.79. The standard InChI is InChI=1S/C18H26N4O/c1-20-12-13-22(14-16(20)18-19-9-11-21(18)2)10-8-17(23)15-6-4-3-5-7-15/h3-7,9,11,16-17,23H,8,10,12-14H2,1-2H3/t16?,17-/m1/s1. The highest BCUT2D eigenvalue weighted by molar-refractivity contribution is 5.17. The monoisotopic (exact) mass is 314 g/mol. The first-order valence-electron chi connectivity index (χ1n) is 8.28. The maximum atomic E-state index is 10.3. The molecule has 1 saturated heterocycles. The van der Waals surface area contributed by atoms with Crippen molar-refractivity contribution in [2.45, 2.75) is 18.6 Å². The summed E-state index contributed by atoms with van der Waals surface area (Å²) in [5.74, 6) is 1.11. The minimum Gasteiger partial charge on any atom is -0.388 e. The summed E-state index contributed by atoms with van der Waals surface area (Å²) in [4.78, 5) is 9.32. The van der Waals surface area contributed by atoms with E-state index in [-0.39, 0.29) is 6.10 Å². The van der Waals surface area contributed by atoms with E-state index in [2.05, 4.69) is 26.4 Å². The van der Waals surface area contributed by atoms with Gasteiger partial charge in [-0.3, -0.25) is 9.80 Å². The van der Waals surface area contributed by atoms with Crippen LogP contribution in [0.15, 0.2) is 42.7 Å². The molecule has 1 N–H and O–H groups in total. The predicted octanol–water partition coefficient (Wildman–Crippen LogP) is 1.83. The van der Waals surface area contributed by atoms with Gasteiger partial charge in [0.15, 0.2) is 0 Å². The Labute approximate surface area is 138 Å². The van der Waals surface area contributed by atoms with Crippen molar-refractivity contribution in [2.24, 2.45) is 7.05 Å². The summed E-state index contributed by atoms with van der Waals surface area (Å²) in [6.45, 7) is 3.94. The number of imidazole rings is 1. The second-order valence-corrected chi connectivity index (χ2v) is 6.41. The van der Waals surface area contributed by atoms with Gasteiger partial charge in [-0.1, -0.05) is 30.3 Å². The van der Waals surface area contributed by atoms with E-state index in [0.29, 0.717) is 6.04 Å². The van der Waals surface area contributed by atoms with Crippen molar-refractivity contribution in [3.8, 4) is 0 Å². The number of hydrogen-bond acceptors (Lipinski definition) is 4. The van der Waals surface area contributed by atoms with Gasteiger partial charge in [0.25, 0.3) is 0 Å². The number of aliphatic hydroxyl groups excluding tert-OH is 1. The molecule has 124 valence electrons. The van der Waals surface area contributed by atoms with Crippen molar-refractivity contribution in [3.63, 3.8) is 0 Å². The molecule has 2 atom stereocenters. The quantitative estimate of drug-likeness (QED) is 0.914. The molecule has 1 aromatic carbocycles. The van der Waals surface area contributed by atoms with Gasteiger partial charge in [-0.2, -0.15) is 0 Å². The molecule has 1 aliphatic heterocycles. The molecule has 3 rings (SSSR count). The molecule has 0 amide bonds. The summed E-state index contributed by atoms with van der Waals surface area (Å²) >= 11 is 0. The zero-order valence-corrected chi connectivity index (χ0v) is 14.0. The molecule has 1 fully saturated rings. The molecule has 5 nitrogen and oxygen atoms in total. The lowest BCUT2D eigenvalue weighted by atomic mass is 10.1. The van der Waals surface area contributed by atoms with Gasteiger partial charge in [-0.25, -0.2) is 4.98 Å². The van der Waals surface area contributed by atoms with Crippen LogP contribution in [0.25, 0.3) is 0 Å². The van der Waals surface area contributed by atoms with E-state index < -0.39 is 0 Å². The zero-order chi connectivity index (χ0) is 16.2. The second kappa shape index (κ2) is 7.25. The molecule has 0 radical (unpaired) electrons. The van der Waals surface area contributed by atoms with E-state index >= 15 is 0 Å². The predicted molar refractivity (Wildman–Crippen MR) is 91.0 cm³/mol. The van der Waals surface area contributed by atoms with Crippen LogP contribution in [0.1, 0.15) is 30.0 Å². The number of aliphatic hydroxyl groups is 1. The van der Waals surface area contributed by atoms with Crippen LogP contribution in [0.2, 0.25) is 0 Å². The van der Waals surface area contributed by atoms with Crippen molar-refractivity contribution < 1.29 is 5.11 Å². The first-order chi connectivity index (χ1) is 11.1. The maximum Gasteiger partial charge on any atom is 0.127 e. The molecule has 23 heavy (non-hydrogen) atoms. The lowest BCUT2D eigenvalue weighted by Crippen LogP contribution is -2.47. The van der Waals surface area contributed by atoms with Crippen LogP contribution in [-0.4, -0.2) is 57.7 Å². The SMILES string of the molecule is CN1CCN(CC[C@@H](O)c2ccccc2)CC1c1nccn1C. The molecule has 0 aliphatic carbocycles. The van der Waals surface area contributed by atoms with Crippen LogP contribution >= 0.6 is 0 Å². The number of hydrogen-bond donors (Lipinski definition) is 1. The molecule has 0 bridgehead atoms. The Balaban J connectivity index is 1.58. The first-order valence-corrected chi connectivity index (χ1v) is 8.28. The largest absolute Gasteiger partial charge is 0.388 e. The van der Waals surface area contributed by atoms with Crippen LogP contribution in [0.4, 0.5) is 0 Å². The molecular weight excluding hydrogens is 288 g/mol. The molecule has 2 aromatic rings. The number of benzene rings is 1. The fraction of sp³-hybridized carbons (Fsp3) is 0.500. The lowest BCUT2D eigenvalue weighted by molar-refractivity contribution is 0.0723. The van der Waals surface area contributed by atoms with E-state index in [0.717, 1.165) is 44.0 Å². The van der Waals surface area contributed by atoms with Crippen LogP contribution in [0.5, 0.6) is 0 Å². The van der Waals surface area contributed by atoms with Crippen LogP contribution in [0.3, 0.4) is 0 Å². The van der Waals surface area contributed by atoms with Crippen molar-refractivity contribution in [1.82, 2.24) is 19.4 Å². The van der Waals surface area contributed by atoms with Gasteiger partial charge in [-0.15, -0.1) is 0 Å². The number of aromatic nitrogens is 2. The van der Waals surface area contributed by atoms with Gasteiger partial charge in [0.05, 0.1) is 12.1 Å². The highest BCUT2D eigenvalue weighted by Gasteiger charge is 2.28. The highest BCUT2D eigenvalue weighted by Crippen LogP contribution is 2.24. The Kier molecular flexibility index (Phi) is 5.10. The fourth-order valence-electron chi connectivity index (χ4n) is 3.26. The van der Waals surface area contributed by atoms with Gasteiger partial charge in [0, 0.05) is 45.6 Å². The van der Waals surface area contributed by atoms with E-state index in [4.69, 9.17) is 0 Å². The smallest absolute Gasteiger partial charge is 0.127 e. The fourth-order valence-corrected chi connectivity index (χ4v) is 3.26. The molecule has 1 aromatic heterocycles. The summed E-state index contributed by atoms with van der Waals surface area (Å²) < 4.78 is 2.10. The zero-order valence-electron chi connectivity index (χ0n) is 14.0. The molecule has 1 aliphatic rings. The van der Waals surface area contributed by atoms with Crippen LogP contribution in [0, 0.1) is 0 Å². The third-order valence-corrected chi connectivity index (χ3v) is 4.79. The molecule has 0 spiro atoms. The third kappa shape index (κ3) is 3.80. The van der Waals surface area contributed by atoms with Crippen LogP contribution in [-0.2, 0) is 7.05 Å². The highest BCUT2D eigenvalue weighted by atomic mass is 16.3. The Morgan fingerprint density at radius 2 is 2.00 bits per heavy atom. The Morgan fingerprint density at radius 1 is 1.22 bits per heavy atom. The summed E-state index contributed by atoms with van der Waals surface area (Å²) in [6, 6.07) is 10.2. The molecular formula is C18H26N4O. The maximum absolute atomic E-state index is 10.3. The van der Waals surface area contributed by atoms with Crippen molar-refractivity contribution >= 4 is 0 Å². The minimum absolute atomic E-state index is 0.317. The summed E-state index contributed by atoms with van der Waals surface area (Å²) in [5.41, 5.74) is 1.00. The average molecular weight is 314 g/mol.